The molecule has 1 amide bonds. The molecule has 1 aliphatic heterocycles. The van der Waals surface area contributed by atoms with Gasteiger partial charge in [0.2, 0.25) is 5.91 Å². The SMILES string of the molecule is NC(C(=O)NCCCc1ccc(Br)cc1F)C1CCOCC1. The maximum Gasteiger partial charge on any atom is 0.237 e. The number of amides is 1. The normalized spacial score (nSPS) is 17.2. The van der Waals surface area contributed by atoms with Crippen LogP contribution in [-0.2, 0) is 16.0 Å². The van der Waals surface area contributed by atoms with Crippen LogP contribution < -0.4 is 11.1 Å². The van der Waals surface area contributed by atoms with Crippen LogP contribution in [0.3, 0.4) is 0 Å². The number of hydrogen-bond acceptors (Lipinski definition) is 3. The molecule has 4 nitrogen and oxygen atoms in total. The standard InChI is InChI=1S/C16H22BrFN2O2/c17-13-4-3-11(14(18)10-13)2-1-7-20-16(21)15(19)12-5-8-22-9-6-12/h3-4,10,12,15H,1-2,5-9,19H2,(H,20,21). The molecule has 0 aliphatic carbocycles. The number of carbonyl (C=O) groups excluding carboxylic acids is 1. The van der Waals surface area contributed by atoms with Crippen molar-refractivity contribution in [1.29, 1.82) is 0 Å². The van der Waals surface area contributed by atoms with Gasteiger partial charge in [0.05, 0.1) is 6.04 Å². The molecule has 2 rings (SSSR count). The Morgan fingerprint density at radius 2 is 2.18 bits per heavy atom. The quantitative estimate of drug-likeness (QED) is 0.753. The summed E-state index contributed by atoms with van der Waals surface area (Å²) in [5.41, 5.74) is 6.65. The molecule has 1 saturated heterocycles. The van der Waals surface area contributed by atoms with Gasteiger partial charge in [-0.3, -0.25) is 4.79 Å². The zero-order chi connectivity index (χ0) is 15.9. The number of carbonyl (C=O) groups is 1. The highest BCUT2D eigenvalue weighted by Gasteiger charge is 2.26. The van der Waals surface area contributed by atoms with E-state index >= 15 is 0 Å². The van der Waals surface area contributed by atoms with E-state index in [1.54, 1.807) is 6.07 Å². The third kappa shape index (κ3) is 5.04. The van der Waals surface area contributed by atoms with Gasteiger partial charge < -0.3 is 15.8 Å². The Morgan fingerprint density at radius 1 is 1.45 bits per heavy atom. The molecular formula is C16H22BrFN2O2. The second-order valence-corrected chi connectivity index (χ2v) is 6.52. The second kappa shape index (κ2) is 8.60. The monoisotopic (exact) mass is 372 g/mol. The van der Waals surface area contributed by atoms with Gasteiger partial charge in [-0.25, -0.2) is 4.39 Å². The van der Waals surface area contributed by atoms with Crippen molar-refractivity contribution < 1.29 is 13.9 Å². The first-order chi connectivity index (χ1) is 10.6. The first-order valence-corrected chi connectivity index (χ1v) is 8.42. The lowest BCUT2D eigenvalue weighted by atomic mass is 9.92. The van der Waals surface area contributed by atoms with Crippen LogP contribution in [-0.4, -0.2) is 31.7 Å². The van der Waals surface area contributed by atoms with Crippen LogP contribution in [0.1, 0.15) is 24.8 Å². The summed E-state index contributed by atoms with van der Waals surface area (Å²) in [6, 6.07) is 4.55. The average molecular weight is 373 g/mol. The average Bonchev–Trinajstić information content (AvgIpc) is 2.53. The number of halogens is 2. The van der Waals surface area contributed by atoms with Crippen LogP contribution in [0.5, 0.6) is 0 Å². The zero-order valence-corrected chi connectivity index (χ0v) is 14.1. The molecule has 22 heavy (non-hydrogen) atoms. The van der Waals surface area contributed by atoms with E-state index in [9.17, 15) is 9.18 Å². The lowest BCUT2D eigenvalue weighted by molar-refractivity contribution is -0.124. The summed E-state index contributed by atoms with van der Waals surface area (Å²) in [6.45, 7) is 1.86. The van der Waals surface area contributed by atoms with E-state index < -0.39 is 6.04 Å². The van der Waals surface area contributed by atoms with Crippen molar-refractivity contribution in [2.24, 2.45) is 11.7 Å². The summed E-state index contributed by atoms with van der Waals surface area (Å²) in [5.74, 6) is -0.152. The molecule has 0 bridgehead atoms. The molecule has 122 valence electrons. The number of aryl methyl sites for hydroxylation is 1. The van der Waals surface area contributed by atoms with Crippen molar-refractivity contribution in [3.05, 3.63) is 34.1 Å². The van der Waals surface area contributed by atoms with E-state index in [0.717, 1.165) is 17.3 Å². The highest BCUT2D eigenvalue weighted by atomic mass is 79.9. The van der Waals surface area contributed by atoms with Crippen molar-refractivity contribution in [2.75, 3.05) is 19.8 Å². The largest absolute Gasteiger partial charge is 0.381 e. The molecule has 1 aromatic carbocycles. The Balaban J connectivity index is 1.70. The number of hydrogen-bond donors (Lipinski definition) is 2. The van der Waals surface area contributed by atoms with Crippen molar-refractivity contribution in [1.82, 2.24) is 5.32 Å². The molecule has 1 fully saturated rings. The fraction of sp³-hybridized carbons (Fsp3) is 0.562. The predicted molar refractivity (Wildman–Crippen MR) is 86.9 cm³/mol. The van der Waals surface area contributed by atoms with Gasteiger partial charge in [-0.1, -0.05) is 22.0 Å². The molecule has 0 spiro atoms. The molecular weight excluding hydrogens is 351 g/mol. The molecule has 3 N–H and O–H groups in total. The van der Waals surface area contributed by atoms with E-state index in [4.69, 9.17) is 10.5 Å². The number of rotatable bonds is 6. The fourth-order valence-electron chi connectivity index (χ4n) is 2.62. The molecule has 1 heterocycles. The molecule has 1 atom stereocenters. The Bertz CT molecular complexity index is 507. The minimum atomic E-state index is -0.478. The van der Waals surface area contributed by atoms with Gasteiger partial charge in [0, 0.05) is 24.2 Å². The Kier molecular flexibility index (Phi) is 6.79. The Labute approximate surface area is 138 Å². The lowest BCUT2D eigenvalue weighted by Gasteiger charge is -2.26. The van der Waals surface area contributed by atoms with Crippen LogP contribution in [0, 0.1) is 11.7 Å². The third-order valence-electron chi connectivity index (χ3n) is 4.01. The molecule has 0 radical (unpaired) electrons. The predicted octanol–water partition coefficient (Wildman–Crippen LogP) is 2.39. The van der Waals surface area contributed by atoms with Crippen molar-refractivity contribution in [3.63, 3.8) is 0 Å². The molecule has 0 aromatic heterocycles. The summed E-state index contributed by atoms with van der Waals surface area (Å²) >= 11 is 3.23. The van der Waals surface area contributed by atoms with Crippen molar-refractivity contribution in [3.8, 4) is 0 Å². The minimum Gasteiger partial charge on any atom is -0.381 e. The topological polar surface area (TPSA) is 64.4 Å². The van der Waals surface area contributed by atoms with E-state index in [1.807, 2.05) is 6.07 Å². The molecule has 6 heteroatoms. The fourth-order valence-corrected chi connectivity index (χ4v) is 2.95. The summed E-state index contributed by atoms with van der Waals surface area (Å²) < 4.78 is 19.7. The van der Waals surface area contributed by atoms with Crippen molar-refractivity contribution in [2.45, 2.75) is 31.7 Å². The molecule has 1 unspecified atom stereocenters. The zero-order valence-electron chi connectivity index (χ0n) is 12.5. The maximum absolute atomic E-state index is 13.7. The van der Waals surface area contributed by atoms with E-state index in [0.29, 0.717) is 38.2 Å². The first-order valence-electron chi connectivity index (χ1n) is 7.63. The molecule has 1 aromatic rings. The summed E-state index contributed by atoms with van der Waals surface area (Å²) in [7, 11) is 0. The van der Waals surface area contributed by atoms with Crippen molar-refractivity contribution >= 4 is 21.8 Å². The summed E-state index contributed by atoms with van der Waals surface area (Å²) in [6.07, 6.45) is 2.94. The highest BCUT2D eigenvalue weighted by Crippen LogP contribution is 2.18. The van der Waals surface area contributed by atoms with Gasteiger partial charge in [-0.05, 0) is 49.3 Å². The van der Waals surface area contributed by atoms with Gasteiger partial charge in [0.1, 0.15) is 5.82 Å². The Morgan fingerprint density at radius 3 is 2.86 bits per heavy atom. The van der Waals surface area contributed by atoms with Gasteiger partial charge in [0.25, 0.3) is 0 Å². The number of ether oxygens (including phenoxy) is 1. The minimum absolute atomic E-state index is 0.122. The first kappa shape index (κ1) is 17.4. The molecule has 0 saturated carbocycles. The van der Waals surface area contributed by atoms with Gasteiger partial charge in [0.15, 0.2) is 0 Å². The van der Waals surface area contributed by atoms with Crippen LogP contribution in [0.15, 0.2) is 22.7 Å². The highest BCUT2D eigenvalue weighted by molar-refractivity contribution is 9.10. The van der Waals surface area contributed by atoms with E-state index in [2.05, 4.69) is 21.2 Å². The third-order valence-corrected chi connectivity index (χ3v) is 4.51. The maximum atomic E-state index is 13.7. The summed E-state index contributed by atoms with van der Waals surface area (Å²) in [4.78, 5) is 12.0. The van der Waals surface area contributed by atoms with Crippen LogP contribution in [0.25, 0.3) is 0 Å². The number of nitrogens with two attached hydrogens (primary N) is 1. The van der Waals surface area contributed by atoms with Crippen LogP contribution >= 0.6 is 15.9 Å². The summed E-state index contributed by atoms with van der Waals surface area (Å²) in [5, 5.41) is 2.84. The van der Waals surface area contributed by atoms with Gasteiger partial charge in [-0.2, -0.15) is 0 Å². The number of benzene rings is 1. The van der Waals surface area contributed by atoms with Gasteiger partial charge in [-0.15, -0.1) is 0 Å². The lowest BCUT2D eigenvalue weighted by Crippen LogP contribution is -2.47. The van der Waals surface area contributed by atoms with Crippen LogP contribution in [0.4, 0.5) is 4.39 Å². The van der Waals surface area contributed by atoms with Gasteiger partial charge >= 0.3 is 0 Å². The van der Waals surface area contributed by atoms with E-state index in [-0.39, 0.29) is 17.6 Å². The van der Waals surface area contributed by atoms with Crippen LogP contribution in [0.2, 0.25) is 0 Å². The molecule has 1 aliphatic rings. The Hall–Kier alpha value is -0.980. The number of nitrogens with one attached hydrogen (secondary N) is 1. The second-order valence-electron chi connectivity index (χ2n) is 5.61. The van der Waals surface area contributed by atoms with E-state index in [1.165, 1.54) is 6.07 Å². The smallest absolute Gasteiger partial charge is 0.237 e.